The zero-order chi connectivity index (χ0) is 9.26. The molecule has 10 heteroatoms. The second-order valence-electron chi connectivity index (χ2n) is 2.18. The first-order valence-electron chi connectivity index (χ1n) is 3.29. The number of hydrazine groups is 1. The summed E-state index contributed by atoms with van der Waals surface area (Å²) >= 11 is 0. The Hall–Kier alpha value is -2.10. The molecule has 0 atom stereocenters. The normalized spacial score (nSPS) is 10.3. The summed E-state index contributed by atoms with van der Waals surface area (Å²) in [4.78, 5) is 0. The summed E-state index contributed by atoms with van der Waals surface area (Å²) in [5.74, 6) is 6.10. The van der Waals surface area contributed by atoms with E-state index in [0.717, 1.165) is 5.01 Å². The SMILES string of the molecule is Cn1nnnc1N(N)c1nn[nH]n1. The summed E-state index contributed by atoms with van der Waals surface area (Å²) in [6.07, 6.45) is 0. The Morgan fingerprint density at radius 1 is 1.46 bits per heavy atom. The van der Waals surface area contributed by atoms with Gasteiger partial charge >= 0.3 is 0 Å². The predicted octanol–water partition coefficient (Wildman–Crippen LogP) is -2.26. The molecule has 0 amide bonds. The second kappa shape index (κ2) is 2.75. The molecule has 0 saturated heterocycles. The average molecular weight is 182 g/mol. The van der Waals surface area contributed by atoms with E-state index in [9.17, 15) is 0 Å². The van der Waals surface area contributed by atoms with Crippen LogP contribution < -0.4 is 10.9 Å². The van der Waals surface area contributed by atoms with Crippen molar-refractivity contribution in [2.45, 2.75) is 0 Å². The van der Waals surface area contributed by atoms with Crippen LogP contribution in [-0.2, 0) is 7.05 Å². The van der Waals surface area contributed by atoms with Gasteiger partial charge in [0.2, 0.25) is 0 Å². The van der Waals surface area contributed by atoms with E-state index in [-0.39, 0.29) is 5.95 Å². The molecule has 0 aliphatic heterocycles. The number of aromatic amines is 1. The van der Waals surface area contributed by atoms with E-state index in [0.29, 0.717) is 5.95 Å². The van der Waals surface area contributed by atoms with E-state index in [1.54, 1.807) is 7.05 Å². The minimum Gasteiger partial charge on any atom is -0.238 e. The molecule has 2 heterocycles. The Morgan fingerprint density at radius 2 is 2.31 bits per heavy atom. The molecular weight excluding hydrogens is 176 g/mol. The van der Waals surface area contributed by atoms with Crippen LogP contribution >= 0.6 is 0 Å². The van der Waals surface area contributed by atoms with Gasteiger partial charge in [0.15, 0.2) is 0 Å². The predicted molar refractivity (Wildman–Crippen MR) is 39.3 cm³/mol. The van der Waals surface area contributed by atoms with Gasteiger partial charge in [-0.1, -0.05) is 10.2 Å². The van der Waals surface area contributed by atoms with E-state index in [4.69, 9.17) is 5.84 Å². The third-order valence-corrected chi connectivity index (χ3v) is 1.36. The number of anilines is 2. The first-order chi connectivity index (χ1) is 6.29. The van der Waals surface area contributed by atoms with Crippen LogP contribution in [0.2, 0.25) is 0 Å². The van der Waals surface area contributed by atoms with Gasteiger partial charge in [0.05, 0.1) is 0 Å². The second-order valence-corrected chi connectivity index (χ2v) is 2.18. The highest BCUT2D eigenvalue weighted by atomic mass is 15.7. The number of hydrogen-bond acceptors (Lipinski definition) is 8. The largest absolute Gasteiger partial charge is 0.286 e. The van der Waals surface area contributed by atoms with Gasteiger partial charge in [-0.15, -0.1) is 5.10 Å². The first kappa shape index (κ1) is 7.54. The quantitative estimate of drug-likeness (QED) is 0.393. The number of hydrogen-bond donors (Lipinski definition) is 2. The lowest BCUT2D eigenvalue weighted by atomic mass is 10.8. The minimum atomic E-state index is 0.193. The van der Waals surface area contributed by atoms with Crippen molar-refractivity contribution in [3.63, 3.8) is 0 Å². The molecule has 2 aromatic rings. The Labute approximate surface area is 71.7 Å². The molecule has 0 radical (unpaired) electrons. The van der Waals surface area contributed by atoms with E-state index in [1.165, 1.54) is 4.68 Å². The summed E-state index contributed by atoms with van der Waals surface area (Å²) in [6.45, 7) is 0. The number of H-pyrrole nitrogens is 1. The lowest BCUT2D eigenvalue weighted by molar-refractivity contribution is 0.702. The zero-order valence-electron chi connectivity index (χ0n) is 6.66. The van der Waals surface area contributed by atoms with Crippen molar-refractivity contribution in [1.29, 1.82) is 0 Å². The number of rotatable bonds is 2. The van der Waals surface area contributed by atoms with Gasteiger partial charge in [-0.3, -0.25) is 0 Å². The fourth-order valence-electron chi connectivity index (χ4n) is 0.777. The molecule has 0 bridgehead atoms. The van der Waals surface area contributed by atoms with Crippen molar-refractivity contribution in [2.24, 2.45) is 12.9 Å². The van der Waals surface area contributed by atoms with Gasteiger partial charge in [-0.05, 0) is 15.6 Å². The van der Waals surface area contributed by atoms with Gasteiger partial charge in [0.1, 0.15) is 0 Å². The van der Waals surface area contributed by atoms with Gasteiger partial charge in [0, 0.05) is 7.05 Å². The first-order valence-corrected chi connectivity index (χ1v) is 3.29. The van der Waals surface area contributed by atoms with Crippen LogP contribution in [0.5, 0.6) is 0 Å². The topological polar surface area (TPSA) is 127 Å². The monoisotopic (exact) mass is 182 g/mol. The third kappa shape index (κ3) is 1.18. The summed E-state index contributed by atoms with van der Waals surface area (Å²) in [6, 6.07) is 0. The number of tetrazole rings is 2. The maximum Gasteiger partial charge on any atom is 0.286 e. The van der Waals surface area contributed by atoms with Gasteiger partial charge in [-0.25, -0.2) is 15.5 Å². The number of nitrogens with zero attached hydrogens (tertiary/aromatic N) is 8. The maximum absolute atomic E-state index is 5.59. The molecule has 3 N–H and O–H groups in total. The smallest absolute Gasteiger partial charge is 0.238 e. The van der Waals surface area contributed by atoms with Crippen LogP contribution in [-0.4, -0.2) is 40.8 Å². The highest BCUT2D eigenvalue weighted by molar-refractivity contribution is 5.42. The minimum absolute atomic E-state index is 0.193. The van der Waals surface area contributed by atoms with Gasteiger partial charge in [0.25, 0.3) is 11.9 Å². The molecule has 10 nitrogen and oxygen atoms in total. The van der Waals surface area contributed by atoms with E-state index < -0.39 is 0 Å². The molecule has 2 rings (SSSR count). The van der Waals surface area contributed by atoms with Crippen LogP contribution in [0.4, 0.5) is 11.9 Å². The van der Waals surface area contributed by atoms with Crippen molar-refractivity contribution in [1.82, 2.24) is 40.8 Å². The van der Waals surface area contributed by atoms with Crippen LogP contribution in [0.1, 0.15) is 0 Å². The Bertz CT molecular complexity index is 373. The number of aryl methyl sites for hydroxylation is 1. The standard InChI is InChI=1S/C3H6N10/c1-12-3(7-10-11-12)13(4)2-5-8-9-6-2/h4H2,1H3,(H,5,6,8,9). The van der Waals surface area contributed by atoms with Crippen molar-refractivity contribution < 1.29 is 0 Å². The van der Waals surface area contributed by atoms with Crippen LogP contribution in [0.15, 0.2) is 0 Å². The van der Waals surface area contributed by atoms with Crippen LogP contribution in [0.25, 0.3) is 0 Å². The molecule has 0 aromatic carbocycles. The van der Waals surface area contributed by atoms with Crippen molar-refractivity contribution in [2.75, 3.05) is 5.01 Å². The third-order valence-electron chi connectivity index (χ3n) is 1.36. The van der Waals surface area contributed by atoms with Crippen LogP contribution in [0, 0.1) is 0 Å². The van der Waals surface area contributed by atoms with Crippen LogP contribution in [0.3, 0.4) is 0 Å². The molecule has 0 aliphatic carbocycles. The molecule has 0 aliphatic rings. The Morgan fingerprint density at radius 3 is 2.85 bits per heavy atom. The summed E-state index contributed by atoms with van der Waals surface area (Å²) in [5.41, 5.74) is 0. The van der Waals surface area contributed by atoms with Crippen molar-refractivity contribution in [3.05, 3.63) is 0 Å². The van der Waals surface area contributed by atoms with Crippen molar-refractivity contribution in [3.8, 4) is 0 Å². The summed E-state index contributed by atoms with van der Waals surface area (Å²) in [7, 11) is 1.65. The number of nitrogens with two attached hydrogens (primary N) is 1. The average Bonchev–Trinajstić information content (AvgIpc) is 2.72. The molecule has 68 valence electrons. The molecule has 0 fully saturated rings. The van der Waals surface area contributed by atoms with E-state index in [2.05, 4.69) is 36.1 Å². The van der Waals surface area contributed by atoms with Crippen molar-refractivity contribution >= 4 is 11.9 Å². The lowest BCUT2D eigenvalue weighted by Crippen LogP contribution is -2.29. The molecule has 0 spiro atoms. The fourth-order valence-corrected chi connectivity index (χ4v) is 0.777. The van der Waals surface area contributed by atoms with Gasteiger partial charge < -0.3 is 0 Å². The maximum atomic E-state index is 5.59. The highest BCUT2D eigenvalue weighted by Crippen LogP contribution is 2.09. The number of nitrogens with one attached hydrogen (secondary N) is 1. The molecular formula is C3H6N10. The summed E-state index contributed by atoms with van der Waals surface area (Å²) in [5, 5.41) is 24.7. The Balaban J connectivity index is 2.33. The molecule has 0 saturated carbocycles. The van der Waals surface area contributed by atoms with E-state index in [1.807, 2.05) is 0 Å². The zero-order valence-corrected chi connectivity index (χ0v) is 6.66. The van der Waals surface area contributed by atoms with E-state index >= 15 is 0 Å². The molecule has 2 aromatic heterocycles. The number of aromatic nitrogens is 8. The Kier molecular flexibility index (Phi) is 1.59. The summed E-state index contributed by atoms with van der Waals surface area (Å²) < 4.78 is 1.39. The van der Waals surface area contributed by atoms with Gasteiger partial charge in [-0.2, -0.15) is 5.21 Å². The highest BCUT2D eigenvalue weighted by Gasteiger charge is 2.14. The fraction of sp³-hybridized carbons (Fsp3) is 0.333. The molecule has 0 unspecified atom stereocenters. The molecule has 13 heavy (non-hydrogen) atoms. The lowest BCUT2D eigenvalue weighted by Gasteiger charge is -2.09.